The Morgan fingerprint density at radius 2 is 1.93 bits per heavy atom. The van der Waals surface area contributed by atoms with E-state index in [1.807, 2.05) is 43.3 Å². The summed E-state index contributed by atoms with van der Waals surface area (Å²) in [5, 5.41) is 7.99. The van der Waals surface area contributed by atoms with Gasteiger partial charge in [-0.15, -0.1) is 0 Å². The van der Waals surface area contributed by atoms with Crippen LogP contribution in [0.1, 0.15) is 41.4 Å². The van der Waals surface area contributed by atoms with Crippen LogP contribution in [0.15, 0.2) is 48.5 Å². The second kappa shape index (κ2) is 8.30. The molecule has 2 heterocycles. The quantitative estimate of drug-likeness (QED) is 0.653. The van der Waals surface area contributed by atoms with E-state index < -0.39 is 5.41 Å². The molecule has 0 saturated carbocycles. The largest absolute Gasteiger partial charge is 0.466 e. The monoisotopic (exact) mass is 405 g/mol. The van der Waals surface area contributed by atoms with Gasteiger partial charge in [-0.1, -0.05) is 42.5 Å². The number of amides is 1. The van der Waals surface area contributed by atoms with Crippen molar-refractivity contribution in [3.05, 3.63) is 65.4 Å². The van der Waals surface area contributed by atoms with Crippen LogP contribution in [0.2, 0.25) is 0 Å². The number of ether oxygens (including phenoxy) is 1. The minimum Gasteiger partial charge on any atom is -0.466 e. The van der Waals surface area contributed by atoms with E-state index in [4.69, 9.17) is 4.74 Å². The number of benzene rings is 2. The minimum atomic E-state index is -0.748. The van der Waals surface area contributed by atoms with Gasteiger partial charge in [-0.3, -0.25) is 14.7 Å². The summed E-state index contributed by atoms with van der Waals surface area (Å²) in [6.07, 6.45) is 2.01. The van der Waals surface area contributed by atoms with Crippen molar-refractivity contribution in [2.45, 2.75) is 33.1 Å². The Bertz CT molecular complexity index is 1070. The predicted octanol–water partition coefficient (Wildman–Crippen LogP) is 3.90. The maximum atomic E-state index is 13.4. The molecular weight excluding hydrogens is 378 g/mol. The zero-order valence-corrected chi connectivity index (χ0v) is 17.5. The number of nitrogens with zero attached hydrogens (tertiary/aromatic N) is 2. The maximum Gasteiger partial charge on any atom is 0.314 e. The first-order chi connectivity index (χ1) is 14.5. The molecule has 156 valence electrons. The minimum absolute atomic E-state index is 0.148. The third-order valence-corrected chi connectivity index (χ3v) is 6.04. The van der Waals surface area contributed by atoms with Crippen LogP contribution >= 0.6 is 0 Å². The molecule has 1 atom stereocenters. The fraction of sp³-hybridized carbons (Fsp3) is 0.375. The normalized spacial score (nSPS) is 19.1. The summed E-state index contributed by atoms with van der Waals surface area (Å²) in [6, 6.07) is 15.7. The molecule has 0 bridgehead atoms. The molecule has 2 aromatic carbocycles. The van der Waals surface area contributed by atoms with E-state index in [9.17, 15) is 9.59 Å². The number of likely N-dealkylation sites (tertiary alicyclic amines) is 1. The molecule has 1 aromatic heterocycles. The Morgan fingerprint density at radius 3 is 2.73 bits per heavy atom. The van der Waals surface area contributed by atoms with Crippen molar-refractivity contribution in [2.24, 2.45) is 5.41 Å². The summed E-state index contributed by atoms with van der Waals surface area (Å²) in [6.45, 7) is 5.14. The fourth-order valence-corrected chi connectivity index (χ4v) is 4.42. The molecule has 0 aliphatic carbocycles. The lowest BCUT2D eigenvalue weighted by Gasteiger charge is -2.41. The number of hydrogen-bond acceptors (Lipinski definition) is 4. The van der Waals surface area contributed by atoms with Crippen LogP contribution in [0.25, 0.3) is 10.9 Å². The number of hydrogen-bond donors (Lipinski definition) is 1. The SMILES string of the molecule is CCOC(=O)C1(Cc2ccccc2C)CCCN(C(=O)c2n[nH]c3ccccc23)C1. The summed E-state index contributed by atoms with van der Waals surface area (Å²) in [5.41, 5.74) is 2.74. The van der Waals surface area contributed by atoms with Gasteiger partial charge in [0.15, 0.2) is 5.69 Å². The standard InChI is InChI=1S/C24H27N3O3/c1-3-30-23(29)24(15-18-10-5-4-9-17(18)2)13-8-14-27(16-24)22(28)21-19-11-6-7-12-20(19)25-26-21/h4-7,9-12H,3,8,13-16H2,1-2H3,(H,25,26). The molecule has 3 aromatic rings. The van der Waals surface area contributed by atoms with Gasteiger partial charge in [0.2, 0.25) is 0 Å². The number of H-pyrrole nitrogens is 1. The van der Waals surface area contributed by atoms with Crippen molar-refractivity contribution < 1.29 is 14.3 Å². The Labute approximate surface area is 176 Å². The molecule has 1 N–H and O–H groups in total. The Balaban J connectivity index is 1.65. The number of para-hydroxylation sites is 1. The number of piperidine rings is 1. The van der Waals surface area contributed by atoms with Crippen LogP contribution in [0.3, 0.4) is 0 Å². The van der Waals surface area contributed by atoms with Crippen molar-refractivity contribution in [3.8, 4) is 0 Å². The second-order valence-electron chi connectivity index (χ2n) is 8.05. The molecule has 6 heteroatoms. The molecule has 4 rings (SSSR count). The zero-order valence-electron chi connectivity index (χ0n) is 17.5. The van der Waals surface area contributed by atoms with Crippen molar-refractivity contribution in [1.29, 1.82) is 0 Å². The Kier molecular flexibility index (Phi) is 5.57. The van der Waals surface area contributed by atoms with Gasteiger partial charge in [-0.2, -0.15) is 5.10 Å². The number of fused-ring (bicyclic) bond motifs is 1. The van der Waals surface area contributed by atoms with Gasteiger partial charge in [0.1, 0.15) is 0 Å². The molecule has 1 fully saturated rings. The van der Waals surface area contributed by atoms with Crippen LogP contribution in [0, 0.1) is 12.3 Å². The van der Waals surface area contributed by atoms with Crippen LogP contribution in [-0.2, 0) is 16.0 Å². The highest BCUT2D eigenvalue weighted by atomic mass is 16.5. The zero-order chi connectivity index (χ0) is 21.1. The van der Waals surface area contributed by atoms with Gasteiger partial charge >= 0.3 is 5.97 Å². The molecule has 0 spiro atoms. The molecule has 0 radical (unpaired) electrons. The third kappa shape index (κ3) is 3.70. The number of esters is 1. The first kappa shape index (κ1) is 20.1. The van der Waals surface area contributed by atoms with Gasteiger partial charge in [0.25, 0.3) is 5.91 Å². The third-order valence-electron chi connectivity index (χ3n) is 6.04. The summed E-state index contributed by atoms with van der Waals surface area (Å²) < 4.78 is 5.49. The lowest BCUT2D eigenvalue weighted by atomic mass is 9.74. The predicted molar refractivity (Wildman–Crippen MR) is 115 cm³/mol. The number of aromatic amines is 1. The average Bonchev–Trinajstić information content (AvgIpc) is 3.19. The van der Waals surface area contributed by atoms with Gasteiger partial charge in [-0.05, 0) is 50.3 Å². The topological polar surface area (TPSA) is 75.3 Å². The highest BCUT2D eigenvalue weighted by Crippen LogP contribution is 2.37. The summed E-state index contributed by atoms with van der Waals surface area (Å²) in [7, 11) is 0. The van der Waals surface area contributed by atoms with Gasteiger partial charge in [0, 0.05) is 18.5 Å². The number of carbonyl (C=O) groups excluding carboxylic acids is 2. The van der Waals surface area contributed by atoms with Crippen molar-refractivity contribution >= 4 is 22.8 Å². The fourth-order valence-electron chi connectivity index (χ4n) is 4.42. The summed E-state index contributed by atoms with van der Waals surface area (Å²) in [4.78, 5) is 28.2. The molecule has 1 unspecified atom stereocenters. The first-order valence-corrected chi connectivity index (χ1v) is 10.5. The highest BCUT2D eigenvalue weighted by Gasteiger charge is 2.45. The van der Waals surface area contributed by atoms with E-state index in [1.54, 1.807) is 4.90 Å². The Hall–Kier alpha value is -3.15. The molecule has 1 saturated heterocycles. The van der Waals surface area contributed by atoms with Crippen molar-refractivity contribution in [3.63, 3.8) is 0 Å². The molecule has 30 heavy (non-hydrogen) atoms. The van der Waals surface area contributed by atoms with Crippen molar-refractivity contribution in [2.75, 3.05) is 19.7 Å². The van der Waals surface area contributed by atoms with E-state index in [-0.39, 0.29) is 11.9 Å². The van der Waals surface area contributed by atoms with Crippen molar-refractivity contribution in [1.82, 2.24) is 15.1 Å². The summed E-state index contributed by atoms with van der Waals surface area (Å²) >= 11 is 0. The van der Waals surface area contributed by atoms with Crippen LogP contribution < -0.4 is 0 Å². The molecular formula is C24H27N3O3. The first-order valence-electron chi connectivity index (χ1n) is 10.5. The van der Waals surface area contributed by atoms with E-state index in [1.165, 1.54) is 0 Å². The highest BCUT2D eigenvalue weighted by molar-refractivity contribution is 6.04. The van der Waals surface area contributed by atoms with Crippen LogP contribution in [0.4, 0.5) is 0 Å². The van der Waals surface area contributed by atoms with E-state index >= 15 is 0 Å². The smallest absolute Gasteiger partial charge is 0.314 e. The molecule has 1 aliphatic heterocycles. The number of carbonyl (C=O) groups is 2. The number of aryl methyl sites for hydroxylation is 1. The maximum absolute atomic E-state index is 13.4. The number of aromatic nitrogens is 2. The van der Waals surface area contributed by atoms with Gasteiger partial charge in [-0.25, -0.2) is 0 Å². The van der Waals surface area contributed by atoms with E-state index in [0.717, 1.165) is 28.5 Å². The van der Waals surface area contributed by atoms with Crippen LogP contribution in [-0.4, -0.2) is 46.7 Å². The number of rotatable bonds is 5. The summed E-state index contributed by atoms with van der Waals surface area (Å²) in [5.74, 6) is -0.372. The lowest BCUT2D eigenvalue weighted by molar-refractivity contribution is -0.158. The molecule has 1 amide bonds. The van der Waals surface area contributed by atoms with Gasteiger partial charge < -0.3 is 9.64 Å². The lowest BCUT2D eigenvalue weighted by Crippen LogP contribution is -2.51. The second-order valence-corrected chi connectivity index (χ2v) is 8.05. The van der Waals surface area contributed by atoms with E-state index in [0.29, 0.717) is 38.2 Å². The van der Waals surface area contributed by atoms with Gasteiger partial charge in [0.05, 0.1) is 17.5 Å². The number of nitrogens with one attached hydrogen (secondary N) is 1. The van der Waals surface area contributed by atoms with Crippen LogP contribution in [0.5, 0.6) is 0 Å². The van der Waals surface area contributed by atoms with E-state index in [2.05, 4.69) is 29.3 Å². The molecule has 6 nitrogen and oxygen atoms in total. The Morgan fingerprint density at radius 1 is 1.17 bits per heavy atom. The molecule has 1 aliphatic rings. The average molecular weight is 405 g/mol.